The van der Waals surface area contributed by atoms with Gasteiger partial charge in [-0.25, -0.2) is 4.79 Å². The van der Waals surface area contributed by atoms with E-state index in [-0.39, 0.29) is 5.97 Å². The largest absolute Gasteiger partial charge is 0.466 e. The van der Waals surface area contributed by atoms with E-state index in [4.69, 9.17) is 9.84 Å². The summed E-state index contributed by atoms with van der Waals surface area (Å²) in [5.41, 5.74) is 0. The number of nitrogens with zero attached hydrogens (tertiary/aromatic N) is 2. The number of hydrogen-bond acceptors (Lipinski definition) is 4. The van der Waals surface area contributed by atoms with E-state index >= 15 is 0 Å². The van der Waals surface area contributed by atoms with Crippen molar-refractivity contribution in [2.24, 2.45) is 5.92 Å². The molecule has 1 heterocycles. The zero-order valence-corrected chi connectivity index (χ0v) is 21.0. The molecule has 1 N–H and O–H groups in total. The molecule has 0 aromatic rings. The number of likely N-dealkylation sites (tertiary alicyclic amines) is 1. The summed E-state index contributed by atoms with van der Waals surface area (Å²) in [6.45, 7) is 9.44. The highest BCUT2D eigenvalue weighted by molar-refractivity contribution is 5.69. The van der Waals surface area contributed by atoms with Crippen LogP contribution in [0.15, 0.2) is 0 Å². The van der Waals surface area contributed by atoms with Crippen LogP contribution in [0.1, 0.15) is 110 Å². The van der Waals surface area contributed by atoms with Gasteiger partial charge in [0, 0.05) is 19.5 Å². The zero-order chi connectivity index (χ0) is 23.4. The summed E-state index contributed by atoms with van der Waals surface area (Å²) in [5.74, 6) is 0.591. The molecular weight excluding hydrogens is 404 g/mol. The van der Waals surface area contributed by atoms with Crippen molar-refractivity contribution in [1.29, 1.82) is 0 Å². The molecule has 0 unspecified atom stereocenters. The fourth-order valence-corrected chi connectivity index (χ4v) is 4.60. The lowest BCUT2D eigenvalue weighted by atomic mass is 9.93. The molecule has 0 aliphatic carbocycles. The summed E-state index contributed by atoms with van der Waals surface area (Å²) < 4.78 is 5.00. The second kappa shape index (κ2) is 19.2. The van der Waals surface area contributed by atoms with E-state index in [0.29, 0.717) is 32.0 Å². The number of carbonyl (C=O) groups is 2. The Hall–Kier alpha value is -1.30. The molecule has 188 valence electrons. The van der Waals surface area contributed by atoms with Crippen molar-refractivity contribution in [3.63, 3.8) is 0 Å². The second-order valence-corrected chi connectivity index (χ2v) is 9.43. The third-order valence-corrected chi connectivity index (χ3v) is 6.73. The highest BCUT2D eigenvalue weighted by Crippen LogP contribution is 2.21. The van der Waals surface area contributed by atoms with Gasteiger partial charge in [-0.2, -0.15) is 0 Å². The smallest absolute Gasteiger partial charge is 0.407 e. The highest BCUT2D eigenvalue weighted by Gasteiger charge is 2.22. The highest BCUT2D eigenvalue weighted by atomic mass is 16.5. The minimum Gasteiger partial charge on any atom is -0.466 e. The zero-order valence-electron chi connectivity index (χ0n) is 21.0. The molecule has 1 rings (SSSR count). The van der Waals surface area contributed by atoms with E-state index in [1.165, 1.54) is 70.8 Å². The summed E-state index contributed by atoms with van der Waals surface area (Å²) in [4.78, 5) is 26.8. The van der Waals surface area contributed by atoms with E-state index in [1.54, 1.807) is 4.90 Å². The van der Waals surface area contributed by atoms with Crippen molar-refractivity contribution < 1.29 is 19.4 Å². The van der Waals surface area contributed by atoms with E-state index in [0.717, 1.165) is 38.8 Å². The molecule has 1 aliphatic heterocycles. The lowest BCUT2D eigenvalue weighted by molar-refractivity contribution is -0.143. The first kappa shape index (κ1) is 28.7. The molecule has 1 saturated heterocycles. The maximum Gasteiger partial charge on any atom is 0.407 e. The van der Waals surface area contributed by atoms with Crippen LogP contribution in [0, 0.1) is 5.92 Å². The van der Waals surface area contributed by atoms with Gasteiger partial charge in [-0.1, -0.05) is 58.3 Å². The first-order valence-electron chi connectivity index (χ1n) is 13.4. The van der Waals surface area contributed by atoms with Gasteiger partial charge >= 0.3 is 12.1 Å². The summed E-state index contributed by atoms with van der Waals surface area (Å²) in [6, 6.07) is 0. The average Bonchev–Trinajstić information content (AvgIpc) is 2.78. The van der Waals surface area contributed by atoms with Gasteiger partial charge in [0.25, 0.3) is 0 Å². The van der Waals surface area contributed by atoms with Crippen LogP contribution in [0.5, 0.6) is 0 Å². The number of carbonyl (C=O) groups excluding carboxylic acids is 1. The number of unbranched alkanes of at least 4 members (excludes halogenated alkanes) is 9. The fourth-order valence-electron chi connectivity index (χ4n) is 4.60. The predicted molar refractivity (Wildman–Crippen MR) is 131 cm³/mol. The molecule has 0 aromatic heterocycles. The molecule has 0 bridgehead atoms. The number of hydrogen-bond donors (Lipinski definition) is 1. The van der Waals surface area contributed by atoms with Crippen molar-refractivity contribution in [3.8, 4) is 0 Å². The van der Waals surface area contributed by atoms with Crippen LogP contribution in [0.4, 0.5) is 4.79 Å². The lowest BCUT2D eigenvalue weighted by Crippen LogP contribution is -2.38. The van der Waals surface area contributed by atoms with Crippen molar-refractivity contribution in [3.05, 3.63) is 0 Å². The first-order chi connectivity index (χ1) is 15.6. The van der Waals surface area contributed by atoms with Gasteiger partial charge in [-0.05, 0) is 71.0 Å². The van der Waals surface area contributed by atoms with Gasteiger partial charge in [-0.3, -0.25) is 4.79 Å². The Bertz CT molecular complexity index is 478. The monoisotopic (exact) mass is 454 g/mol. The van der Waals surface area contributed by atoms with Crippen LogP contribution in [0.25, 0.3) is 0 Å². The molecular formula is C26H50N2O4. The number of esters is 1. The molecule has 0 aromatic carbocycles. The first-order valence-corrected chi connectivity index (χ1v) is 13.4. The summed E-state index contributed by atoms with van der Waals surface area (Å²) in [7, 11) is 0. The van der Waals surface area contributed by atoms with Crippen LogP contribution >= 0.6 is 0 Å². The summed E-state index contributed by atoms with van der Waals surface area (Å²) in [5, 5.41) is 9.14. The molecule has 6 nitrogen and oxygen atoms in total. The quantitative estimate of drug-likeness (QED) is 0.182. The van der Waals surface area contributed by atoms with Gasteiger partial charge in [-0.15, -0.1) is 0 Å². The minimum atomic E-state index is -0.771. The van der Waals surface area contributed by atoms with Crippen molar-refractivity contribution in [1.82, 2.24) is 9.80 Å². The summed E-state index contributed by atoms with van der Waals surface area (Å²) >= 11 is 0. The number of carboxylic acid groups (broad SMARTS) is 1. The van der Waals surface area contributed by atoms with E-state index in [2.05, 4.69) is 11.8 Å². The Labute approximate surface area is 197 Å². The molecule has 32 heavy (non-hydrogen) atoms. The number of amides is 1. The standard InChI is InChI=1S/C26H50N2O4/c1-3-5-6-7-8-10-13-19-27(20-14-11-9-12-15-25(29)32-4-2)21-16-24-17-22-28(23-18-24)26(30)31/h24H,3-23H2,1-2H3,(H,30,31). The van der Waals surface area contributed by atoms with E-state index in [1.807, 2.05) is 6.92 Å². The van der Waals surface area contributed by atoms with Crippen molar-refractivity contribution in [2.45, 2.75) is 110 Å². The molecule has 0 saturated carbocycles. The lowest BCUT2D eigenvalue weighted by Gasteiger charge is -2.31. The van der Waals surface area contributed by atoms with Gasteiger partial charge in [0.15, 0.2) is 0 Å². The van der Waals surface area contributed by atoms with Gasteiger partial charge in [0.1, 0.15) is 0 Å². The third-order valence-electron chi connectivity index (χ3n) is 6.73. The van der Waals surface area contributed by atoms with Gasteiger partial charge in [0.2, 0.25) is 0 Å². The predicted octanol–water partition coefficient (Wildman–Crippen LogP) is 6.33. The topological polar surface area (TPSA) is 70.1 Å². The number of ether oxygens (including phenoxy) is 1. The Morgan fingerprint density at radius 1 is 0.844 bits per heavy atom. The Morgan fingerprint density at radius 3 is 1.97 bits per heavy atom. The van der Waals surface area contributed by atoms with E-state index in [9.17, 15) is 9.59 Å². The van der Waals surface area contributed by atoms with Crippen molar-refractivity contribution >= 4 is 12.1 Å². The SMILES string of the molecule is CCCCCCCCCN(CCCCCCC(=O)OCC)CCC1CCN(C(=O)O)CC1. The van der Waals surface area contributed by atoms with E-state index < -0.39 is 6.09 Å². The Morgan fingerprint density at radius 2 is 1.41 bits per heavy atom. The Balaban J connectivity index is 2.25. The molecule has 0 spiro atoms. The van der Waals surface area contributed by atoms with Crippen LogP contribution in [-0.2, 0) is 9.53 Å². The molecule has 1 aliphatic rings. The average molecular weight is 455 g/mol. The van der Waals surface area contributed by atoms with Crippen LogP contribution in [0.3, 0.4) is 0 Å². The minimum absolute atomic E-state index is 0.0676. The molecule has 0 radical (unpaired) electrons. The van der Waals surface area contributed by atoms with Crippen molar-refractivity contribution in [2.75, 3.05) is 39.3 Å². The van der Waals surface area contributed by atoms with Crippen LogP contribution < -0.4 is 0 Å². The number of rotatable bonds is 19. The molecule has 0 atom stereocenters. The fraction of sp³-hybridized carbons (Fsp3) is 0.923. The number of piperidine rings is 1. The molecule has 1 amide bonds. The normalized spacial score (nSPS) is 14.8. The third kappa shape index (κ3) is 14.7. The van der Waals surface area contributed by atoms with Crippen LogP contribution in [0.2, 0.25) is 0 Å². The maximum atomic E-state index is 11.4. The molecule has 1 fully saturated rings. The van der Waals surface area contributed by atoms with Gasteiger partial charge < -0.3 is 19.6 Å². The van der Waals surface area contributed by atoms with Crippen LogP contribution in [-0.4, -0.2) is 66.3 Å². The second-order valence-electron chi connectivity index (χ2n) is 9.43. The maximum absolute atomic E-state index is 11.4. The Kier molecular flexibility index (Phi) is 17.2. The van der Waals surface area contributed by atoms with Gasteiger partial charge in [0.05, 0.1) is 6.61 Å². The molecule has 6 heteroatoms. The summed E-state index contributed by atoms with van der Waals surface area (Å²) in [6.07, 6.45) is 16.7.